The predicted octanol–water partition coefficient (Wildman–Crippen LogP) is 6.35. The number of hydrogen-bond acceptors (Lipinski definition) is 9. The molecule has 49 heavy (non-hydrogen) atoms. The fourth-order valence-corrected chi connectivity index (χ4v) is 4.58. The molecule has 1 heterocycles. The van der Waals surface area contributed by atoms with Gasteiger partial charge in [-0.2, -0.15) is 13.2 Å². The lowest BCUT2D eigenvalue weighted by Gasteiger charge is -2.25. The molecule has 4 aromatic rings. The Morgan fingerprint density at radius 2 is 1.69 bits per heavy atom. The third-order valence-electron chi connectivity index (χ3n) is 6.77. The predicted molar refractivity (Wildman–Crippen MR) is 174 cm³/mol. The molecule has 0 aliphatic carbocycles. The summed E-state index contributed by atoms with van der Waals surface area (Å²) in [6, 6.07) is 16.6. The highest BCUT2D eigenvalue weighted by molar-refractivity contribution is 5.94. The van der Waals surface area contributed by atoms with E-state index in [9.17, 15) is 27.2 Å². The Kier molecular flexibility index (Phi) is 13.1. The first kappa shape index (κ1) is 37.9. The van der Waals surface area contributed by atoms with E-state index in [-0.39, 0.29) is 18.1 Å². The SMILES string of the molecule is CCOc1cc(C(Nc2ccc3c(N)nccc3c2)C(=O)N[C@H](CC(=O)OC)c2ccccc2F)ccc1OC(C)C.O=C(O)C(F)(F)F. The average Bonchev–Trinajstić information content (AvgIpc) is 3.04. The number of nitrogens with two attached hydrogens (primary N) is 1. The average molecular weight is 689 g/mol. The molecule has 0 saturated carbocycles. The van der Waals surface area contributed by atoms with Gasteiger partial charge in [-0.05, 0) is 74.2 Å². The summed E-state index contributed by atoms with van der Waals surface area (Å²) in [5.41, 5.74) is 7.38. The van der Waals surface area contributed by atoms with Crippen molar-refractivity contribution in [3.8, 4) is 11.5 Å². The van der Waals surface area contributed by atoms with Gasteiger partial charge in [-0.1, -0.05) is 24.3 Å². The van der Waals surface area contributed by atoms with Crippen molar-refractivity contribution in [2.45, 2.75) is 51.6 Å². The largest absolute Gasteiger partial charge is 0.490 e. The zero-order valence-electron chi connectivity index (χ0n) is 27.0. The topological polar surface area (TPSA) is 162 Å². The second-order valence-corrected chi connectivity index (χ2v) is 10.7. The van der Waals surface area contributed by atoms with E-state index in [1.165, 1.54) is 25.3 Å². The fourth-order valence-electron chi connectivity index (χ4n) is 4.58. The van der Waals surface area contributed by atoms with E-state index < -0.39 is 41.9 Å². The van der Waals surface area contributed by atoms with E-state index in [0.717, 1.165) is 10.8 Å². The summed E-state index contributed by atoms with van der Waals surface area (Å²) in [6.45, 7) is 6.06. The molecule has 0 bridgehead atoms. The van der Waals surface area contributed by atoms with Crippen molar-refractivity contribution in [3.05, 3.63) is 89.9 Å². The monoisotopic (exact) mass is 688 g/mol. The minimum Gasteiger partial charge on any atom is -0.490 e. The number of nitrogen functional groups attached to an aromatic ring is 1. The van der Waals surface area contributed by atoms with Crippen LogP contribution >= 0.6 is 0 Å². The molecule has 1 unspecified atom stereocenters. The van der Waals surface area contributed by atoms with Crippen LogP contribution in [-0.2, 0) is 19.1 Å². The van der Waals surface area contributed by atoms with E-state index in [1.54, 1.807) is 36.5 Å². The summed E-state index contributed by atoms with van der Waals surface area (Å²) >= 11 is 0. The van der Waals surface area contributed by atoms with Gasteiger partial charge in [0, 0.05) is 22.8 Å². The Bertz CT molecular complexity index is 1770. The van der Waals surface area contributed by atoms with Crippen LogP contribution in [0.4, 0.5) is 29.1 Å². The number of carboxylic acids is 1. The van der Waals surface area contributed by atoms with E-state index >= 15 is 0 Å². The molecular weight excluding hydrogens is 652 g/mol. The number of aliphatic carboxylic acids is 1. The fraction of sp³-hybridized carbons (Fsp3) is 0.294. The van der Waals surface area contributed by atoms with Crippen LogP contribution in [0.3, 0.4) is 0 Å². The molecule has 4 rings (SSSR count). The van der Waals surface area contributed by atoms with Crippen LogP contribution in [0.1, 0.15) is 50.4 Å². The van der Waals surface area contributed by atoms with Crippen LogP contribution in [0.15, 0.2) is 72.9 Å². The quantitative estimate of drug-likeness (QED) is 0.0975. The number of pyridine rings is 1. The van der Waals surface area contributed by atoms with E-state index in [1.807, 2.05) is 39.0 Å². The van der Waals surface area contributed by atoms with Crippen LogP contribution in [-0.4, -0.2) is 53.9 Å². The van der Waals surface area contributed by atoms with Crippen molar-refractivity contribution in [1.29, 1.82) is 0 Å². The van der Waals surface area contributed by atoms with Crippen LogP contribution in [0, 0.1) is 5.82 Å². The van der Waals surface area contributed by atoms with Gasteiger partial charge >= 0.3 is 18.1 Å². The first-order valence-electron chi connectivity index (χ1n) is 14.9. The van der Waals surface area contributed by atoms with Gasteiger partial charge in [-0.25, -0.2) is 14.2 Å². The second-order valence-electron chi connectivity index (χ2n) is 10.7. The summed E-state index contributed by atoms with van der Waals surface area (Å²) in [6.07, 6.45) is -3.82. The molecule has 0 aliphatic heterocycles. The highest BCUT2D eigenvalue weighted by Crippen LogP contribution is 2.34. The normalized spacial score (nSPS) is 12.3. The van der Waals surface area contributed by atoms with Gasteiger partial charge in [-0.15, -0.1) is 0 Å². The number of aromatic nitrogens is 1. The van der Waals surface area contributed by atoms with Gasteiger partial charge in [0.25, 0.3) is 0 Å². The first-order chi connectivity index (χ1) is 23.1. The van der Waals surface area contributed by atoms with Crippen molar-refractivity contribution >= 4 is 40.1 Å². The number of amides is 1. The zero-order valence-corrected chi connectivity index (χ0v) is 27.0. The van der Waals surface area contributed by atoms with Crippen LogP contribution in [0.5, 0.6) is 11.5 Å². The minimum atomic E-state index is -5.08. The molecule has 262 valence electrons. The lowest BCUT2D eigenvalue weighted by Crippen LogP contribution is -2.37. The maximum Gasteiger partial charge on any atom is 0.490 e. The lowest BCUT2D eigenvalue weighted by molar-refractivity contribution is -0.192. The lowest BCUT2D eigenvalue weighted by atomic mass is 10.00. The number of carbonyl (C=O) groups is 3. The number of carboxylic acid groups (broad SMARTS) is 1. The number of ether oxygens (including phenoxy) is 3. The number of anilines is 2. The van der Waals surface area contributed by atoms with Gasteiger partial charge in [0.1, 0.15) is 17.7 Å². The van der Waals surface area contributed by atoms with Crippen LogP contribution < -0.4 is 25.8 Å². The number of carbonyl (C=O) groups excluding carboxylic acids is 2. The number of methoxy groups -OCH3 is 1. The van der Waals surface area contributed by atoms with E-state index in [2.05, 4.69) is 15.6 Å². The molecule has 0 aliphatic rings. The van der Waals surface area contributed by atoms with Gasteiger partial charge in [-0.3, -0.25) is 9.59 Å². The van der Waals surface area contributed by atoms with Gasteiger partial charge in [0.05, 0.1) is 32.3 Å². The number of nitrogens with zero attached hydrogens (tertiary/aromatic N) is 1. The molecule has 5 N–H and O–H groups in total. The number of alkyl halides is 3. The van der Waals surface area contributed by atoms with Crippen molar-refractivity contribution < 1.29 is 51.3 Å². The zero-order chi connectivity index (χ0) is 36.3. The molecule has 2 atom stereocenters. The highest BCUT2D eigenvalue weighted by Gasteiger charge is 2.38. The molecule has 11 nitrogen and oxygen atoms in total. The van der Waals surface area contributed by atoms with Crippen LogP contribution in [0.2, 0.25) is 0 Å². The number of fused-ring (bicyclic) bond motifs is 1. The number of hydrogen-bond donors (Lipinski definition) is 4. The molecule has 3 aromatic carbocycles. The molecule has 15 heteroatoms. The Hall–Kier alpha value is -5.60. The first-order valence-corrected chi connectivity index (χ1v) is 14.9. The van der Waals surface area contributed by atoms with Gasteiger partial charge in [0.15, 0.2) is 11.5 Å². The molecule has 0 spiro atoms. The van der Waals surface area contributed by atoms with Crippen molar-refractivity contribution in [3.63, 3.8) is 0 Å². The number of esters is 1. The molecule has 1 aromatic heterocycles. The third-order valence-corrected chi connectivity index (χ3v) is 6.77. The number of benzene rings is 3. The minimum absolute atomic E-state index is 0.0911. The van der Waals surface area contributed by atoms with Crippen molar-refractivity contribution in [1.82, 2.24) is 10.3 Å². The van der Waals surface area contributed by atoms with E-state index in [4.69, 9.17) is 29.8 Å². The Morgan fingerprint density at radius 3 is 2.31 bits per heavy atom. The van der Waals surface area contributed by atoms with Gasteiger partial charge < -0.3 is 35.7 Å². The summed E-state index contributed by atoms with van der Waals surface area (Å²) in [5.74, 6) is -2.99. The Labute approximate surface area is 279 Å². The molecule has 1 amide bonds. The number of halogens is 4. The number of nitrogens with one attached hydrogen (secondary N) is 2. The van der Waals surface area contributed by atoms with Gasteiger partial charge in [0.2, 0.25) is 5.91 Å². The highest BCUT2D eigenvalue weighted by atomic mass is 19.4. The summed E-state index contributed by atoms with van der Waals surface area (Å²) in [4.78, 5) is 39.3. The molecule has 0 saturated heterocycles. The Morgan fingerprint density at radius 1 is 1.00 bits per heavy atom. The number of rotatable bonds is 12. The molecular formula is C34H36F4N4O7. The standard InChI is InChI=1S/C32H35FN4O5.C2HF3O2/c1-5-41-28-17-21(10-13-27(28)42-19(2)3)30(36-22-11-12-23-20(16-22)14-15-35-31(23)34)32(39)37-26(18-29(38)40-4)24-8-6-7-9-25(24)33;3-2(4,5)1(6)7/h6-17,19,26,30,36H,5,18H2,1-4H3,(H2,34,35)(H,37,39);(H,6,7)/t26-,30?;/m1./s1. The van der Waals surface area contributed by atoms with Crippen molar-refractivity contribution in [2.24, 2.45) is 0 Å². The Balaban J connectivity index is 0.000000838. The second kappa shape index (κ2) is 17.0. The van der Waals surface area contributed by atoms with Crippen LogP contribution in [0.25, 0.3) is 10.8 Å². The maximum atomic E-state index is 14.8. The smallest absolute Gasteiger partial charge is 0.490 e. The third kappa shape index (κ3) is 10.7. The van der Waals surface area contributed by atoms with Crippen molar-refractivity contribution in [2.75, 3.05) is 24.8 Å². The summed E-state index contributed by atoms with van der Waals surface area (Å²) in [5, 5.41) is 14.9. The molecule has 0 radical (unpaired) electrons. The molecule has 0 fully saturated rings. The summed E-state index contributed by atoms with van der Waals surface area (Å²) in [7, 11) is 1.24. The summed E-state index contributed by atoms with van der Waals surface area (Å²) < 4.78 is 63.1. The maximum absolute atomic E-state index is 14.8. The van der Waals surface area contributed by atoms with E-state index in [0.29, 0.717) is 35.2 Å².